The van der Waals surface area contributed by atoms with Crippen molar-refractivity contribution in [1.29, 1.82) is 0 Å². The molecular weight excluding hydrogens is 316 g/mol. The van der Waals surface area contributed by atoms with E-state index in [1.807, 2.05) is 0 Å². The van der Waals surface area contributed by atoms with Gasteiger partial charge in [-0.3, -0.25) is 0 Å². The minimum Gasteiger partial charge on any atom is -0.0694 e. The molecule has 1 heteroatoms. The molecule has 2 aliphatic carbocycles. The fourth-order valence-corrected chi connectivity index (χ4v) is 10.7. The van der Waals surface area contributed by atoms with Crippen LogP contribution in [0.25, 0.3) is 11.1 Å². The lowest BCUT2D eigenvalue weighted by atomic mass is 10.0. The first-order chi connectivity index (χ1) is 11.9. The van der Waals surface area contributed by atoms with E-state index in [-0.39, 0.29) is 0 Å². The fraction of sp³-hybridized carbons (Fsp3) is 0.333. The molecule has 2 aliphatic rings. The van der Waals surface area contributed by atoms with Gasteiger partial charge in [0.15, 0.2) is 0 Å². The molecule has 0 aromatic heterocycles. The highest BCUT2D eigenvalue weighted by molar-refractivity contribution is 6.87. The van der Waals surface area contributed by atoms with Crippen molar-refractivity contribution in [3.63, 3.8) is 0 Å². The summed E-state index contributed by atoms with van der Waals surface area (Å²) in [6, 6.07) is 18.1. The number of hydrogen-bond acceptors (Lipinski definition) is 0. The van der Waals surface area contributed by atoms with Gasteiger partial charge in [0.05, 0.1) is 8.07 Å². The highest BCUT2D eigenvalue weighted by atomic mass is 28.3. The second kappa shape index (κ2) is 5.57. The molecule has 25 heavy (non-hydrogen) atoms. The molecule has 0 fully saturated rings. The van der Waals surface area contributed by atoms with E-state index in [1.165, 1.54) is 22.3 Å². The van der Waals surface area contributed by atoms with Gasteiger partial charge in [-0.2, -0.15) is 0 Å². The van der Waals surface area contributed by atoms with Crippen molar-refractivity contribution in [3.05, 3.63) is 81.6 Å². The molecule has 0 aliphatic heterocycles. The average molecular weight is 345 g/mol. The zero-order valence-electron chi connectivity index (χ0n) is 16.3. The van der Waals surface area contributed by atoms with E-state index in [2.05, 4.69) is 89.3 Å². The number of fused-ring (bicyclic) bond motifs is 2. The first-order valence-electron chi connectivity index (χ1n) is 9.43. The quantitative estimate of drug-likeness (QED) is 0.517. The molecule has 2 unspecified atom stereocenters. The predicted octanol–water partition coefficient (Wildman–Crippen LogP) is 6.95. The van der Waals surface area contributed by atoms with Crippen molar-refractivity contribution < 1.29 is 0 Å². The molecule has 0 amide bonds. The summed E-state index contributed by atoms with van der Waals surface area (Å²) in [5, 5.41) is 1.75. The Morgan fingerprint density at radius 3 is 1.84 bits per heavy atom. The van der Waals surface area contributed by atoms with E-state index in [1.54, 1.807) is 21.9 Å². The van der Waals surface area contributed by atoms with Crippen LogP contribution in [0.5, 0.6) is 0 Å². The van der Waals surface area contributed by atoms with Gasteiger partial charge in [-0.15, -0.1) is 0 Å². The largest absolute Gasteiger partial charge is 0.0884 e. The zero-order chi connectivity index (χ0) is 17.9. The van der Waals surface area contributed by atoms with Crippen molar-refractivity contribution in [1.82, 2.24) is 0 Å². The lowest BCUT2D eigenvalue weighted by molar-refractivity contribution is 0.938. The summed E-state index contributed by atoms with van der Waals surface area (Å²) in [7, 11) is -1.70. The van der Waals surface area contributed by atoms with Crippen LogP contribution in [0, 0.1) is 0 Å². The fourth-order valence-electron chi connectivity index (χ4n) is 5.72. The van der Waals surface area contributed by atoms with E-state index >= 15 is 0 Å². The summed E-state index contributed by atoms with van der Waals surface area (Å²) in [5.74, 6) is 0.554. The van der Waals surface area contributed by atoms with Gasteiger partial charge in [-0.25, -0.2) is 0 Å². The molecule has 0 N–H and O–H groups in total. The second-order valence-electron chi connectivity index (χ2n) is 8.40. The first-order valence-corrected chi connectivity index (χ1v) is 12.5. The van der Waals surface area contributed by atoms with Crippen molar-refractivity contribution in [3.8, 4) is 0 Å². The maximum atomic E-state index is 2.60. The van der Waals surface area contributed by atoms with Crippen LogP contribution in [-0.2, 0) is 0 Å². The molecule has 2 aromatic rings. The maximum absolute atomic E-state index is 2.60. The van der Waals surface area contributed by atoms with Gasteiger partial charge in [-0.1, -0.05) is 79.3 Å². The van der Waals surface area contributed by atoms with Gasteiger partial charge in [0.2, 0.25) is 0 Å². The van der Waals surface area contributed by atoms with Crippen molar-refractivity contribution in [2.24, 2.45) is 0 Å². The number of rotatable bonds is 2. The van der Waals surface area contributed by atoms with Crippen molar-refractivity contribution >= 4 is 19.2 Å². The zero-order valence-corrected chi connectivity index (χ0v) is 17.3. The summed E-state index contributed by atoms with van der Waals surface area (Å²) >= 11 is 0. The summed E-state index contributed by atoms with van der Waals surface area (Å²) in [5.41, 5.74) is 11.3. The van der Waals surface area contributed by atoms with Crippen LogP contribution in [0.15, 0.2) is 59.3 Å². The Morgan fingerprint density at radius 2 is 1.24 bits per heavy atom. The minimum absolute atomic E-state index is 0.554. The maximum Gasteiger partial charge on any atom is 0.0884 e. The van der Waals surface area contributed by atoms with E-state index in [0.29, 0.717) is 11.5 Å². The molecule has 2 atom stereocenters. The summed E-state index contributed by atoms with van der Waals surface area (Å²) in [6.07, 6.45) is 0. The second-order valence-corrected chi connectivity index (χ2v) is 13.0. The normalized spacial score (nSPS) is 22.5. The van der Waals surface area contributed by atoms with Crippen LogP contribution < -0.4 is 0 Å². The van der Waals surface area contributed by atoms with Crippen LogP contribution >= 0.6 is 0 Å². The lowest BCUT2D eigenvalue weighted by Crippen LogP contribution is -2.39. The molecule has 128 valence electrons. The Kier molecular flexibility index (Phi) is 3.70. The van der Waals surface area contributed by atoms with Crippen LogP contribution in [-0.4, -0.2) is 8.07 Å². The SMILES string of the molecule is CC1=C([Si](C)(C)C2C(C)=C(C)c3ccccc32)C(C)c2ccccc21. The van der Waals surface area contributed by atoms with Crippen molar-refractivity contribution in [2.75, 3.05) is 0 Å². The van der Waals surface area contributed by atoms with Gasteiger partial charge in [0.25, 0.3) is 0 Å². The van der Waals surface area contributed by atoms with Gasteiger partial charge >= 0.3 is 0 Å². The monoisotopic (exact) mass is 344 g/mol. The third-order valence-corrected chi connectivity index (χ3v) is 11.2. The Bertz CT molecular complexity index is 927. The first kappa shape index (κ1) is 16.6. The van der Waals surface area contributed by atoms with E-state index in [0.717, 1.165) is 0 Å². The molecule has 0 saturated heterocycles. The van der Waals surface area contributed by atoms with Crippen LogP contribution in [0.3, 0.4) is 0 Å². The van der Waals surface area contributed by atoms with E-state index in [9.17, 15) is 0 Å². The molecule has 4 rings (SSSR count). The summed E-state index contributed by atoms with van der Waals surface area (Å²) < 4.78 is 0. The third-order valence-electron chi connectivity index (χ3n) is 6.78. The van der Waals surface area contributed by atoms with E-state index < -0.39 is 8.07 Å². The topological polar surface area (TPSA) is 0 Å². The molecular formula is C24H28Si. The molecule has 0 saturated carbocycles. The average Bonchev–Trinajstić information content (AvgIpc) is 3.01. The van der Waals surface area contributed by atoms with Gasteiger partial charge in [0.1, 0.15) is 0 Å². The number of benzene rings is 2. The Hall–Kier alpha value is -1.86. The highest BCUT2D eigenvalue weighted by Crippen LogP contribution is 2.54. The number of hydrogen-bond donors (Lipinski definition) is 0. The molecule has 0 spiro atoms. The molecule has 0 nitrogen and oxygen atoms in total. The third kappa shape index (κ3) is 2.18. The van der Waals surface area contributed by atoms with Gasteiger partial charge in [0, 0.05) is 5.54 Å². The Labute approximate surface area is 153 Å². The minimum atomic E-state index is -1.70. The van der Waals surface area contributed by atoms with Crippen molar-refractivity contribution in [2.45, 2.75) is 52.2 Å². The van der Waals surface area contributed by atoms with Crippen LogP contribution in [0.2, 0.25) is 13.1 Å². The van der Waals surface area contributed by atoms with Gasteiger partial charge in [-0.05, 0) is 60.1 Å². The smallest absolute Gasteiger partial charge is 0.0694 e. The highest BCUT2D eigenvalue weighted by Gasteiger charge is 2.46. The Morgan fingerprint density at radius 1 is 0.720 bits per heavy atom. The molecule has 0 radical (unpaired) electrons. The van der Waals surface area contributed by atoms with E-state index in [4.69, 9.17) is 0 Å². The number of allylic oxidation sites excluding steroid dienone is 4. The molecule has 2 aromatic carbocycles. The Balaban J connectivity index is 1.89. The lowest BCUT2D eigenvalue weighted by Gasteiger charge is -2.36. The molecule has 0 heterocycles. The van der Waals surface area contributed by atoms with Gasteiger partial charge < -0.3 is 0 Å². The van der Waals surface area contributed by atoms with Crippen LogP contribution in [0.4, 0.5) is 0 Å². The molecule has 0 bridgehead atoms. The predicted molar refractivity (Wildman–Crippen MR) is 112 cm³/mol. The standard InChI is InChI=1S/C24H28Si/c1-15-16(2)24(22-14-10-9-11-19(15)22)25(5,6)23-17(3)20-12-7-8-13-21(20)18(23)4/h7-14,17,24H,1-6H3. The van der Waals surface area contributed by atoms with Crippen LogP contribution in [0.1, 0.15) is 61.4 Å². The summed E-state index contributed by atoms with van der Waals surface area (Å²) in [6.45, 7) is 14.7. The summed E-state index contributed by atoms with van der Waals surface area (Å²) in [4.78, 5) is 0.